The summed E-state index contributed by atoms with van der Waals surface area (Å²) in [4.78, 5) is 19.4. The van der Waals surface area contributed by atoms with Gasteiger partial charge in [-0.05, 0) is 36.4 Å². The Morgan fingerprint density at radius 1 is 1.25 bits per heavy atom. The number of hydrogen-bond donors (Lipinski definition) is 2. The van der Waals surface area contributed by atoms with Crippen LogP contribution in [0.4, 0.5) is 0 Å². The maximum atomic E-state index is 12.3. The van der Waals surface area contributed by atoms with Crippen molar-refractivity contribution in [3.63, 3.8) is 0 Å². The first kappa shape index (κ1) is 14.1. The summed E-state index contributed by atoms with van der Waals surface area (Å²) in [6.45, 7) is 0.310. The number of nitrogens with zero attached hydrogens (tertiary/aromatic N) is 4. The number of carbonyl (C=O) groups excluding carboxylic acids is 1. The van der Waals surface area contributed by atoms with Gasteiger partial charge in [0.05, 0.1) is 24.6 Å². The van der Waals surface area contributed by atoms with Gasteiger partial charge in [-0.25, -0.2) is 4.68 Å². The molecule has 0 fully saturated rings. The minimum atomic E-state index is -0.144. The molecule has 0 unspecified atom stereocenters. The first-order chi connectivity index (χ1) is 11.8. The molecule has 1 aromatic carbocycles. The van der Waals surface area contributed by atoms with E-state index < -0.39 is 0 Å². The summed E-state index contributed by atoms with van der Waals surface area (Å²) in [7, 11) is 0. The highest BCUT2D eigenvalue weighted by Gasteiger charge is 2.08. The lowest BCUT2D eigenvalue weighted by Gasteiger charge is -2.03. The molecule has 118 valence electrons. The predicted molar refractivity (Wildman–Crippen MR) is 88.6 cm³/mol. The summed E-state index contributed by atoms with van der Waals surface area (Å²) in [5, 5.41) is 12.0. The number of aromatic nitrogens is 5. The summed E-state index contributed by atoms with van der Waals surface area (Å²) < 4.78 is 1.63. The fourth-order valence-electron chi connectivity index (χ4n) is 2.46. The number of nitrogens with one attached hydrogen (secondary N) is 2. The molecule has 3 aromatic heterocycles. The van der Waals surface area contributed by atoms with Crippen LogP contribution in [-0.4, -0.2) is 30.9 Å². The fraction of sp³-hybridized carbons (Fsp3) is 0.0588. The zero-order chi connectivity index (χ0) is 16.4. The van der Waals surface area contributed by atoms with Crippen molar-refractivity contribution in [3.8, 4) is 5.69 Å². The highest BCUT2D eigenvalue weighted by molar-refractivity contribution is 5.97. The van der Waals surface area contributed by atoms with Gasteiger partial charge in [0.15, 0.2) is 0 Å². The Morgan fingerprint density at radius 2 is 2.21 bits per heavy atom. The maximum absolute atomic E-state index is 12.3. The number of rotatable bonds is 4. The number of hydrogen-bond acceptors (Lipinski definition) is 4. The normalized spacial score (nSPS) is 10.8. The van der Waals surface area contributed by atoms with Crippen LogP contribution in [0.25, 0.3) is 16.6 Å². The first-order valence-electron chi connectivity index (χ1n) is 7.46. The smallest absolute Gasteiger partial charge is 0.251 e. The van der Waals surface area contributed by atoms with Crippen molar-refractivity contribution in [1.29, 1.82) is 0 Å². The van der Waals surface area contributed by atoms with Gasteiger partial charge in [-0.1, -0.05) is 5.21 Å². The quantitative estimate of drug-likeness (QED) is 0.603. The third kappa shape index (κ3) is 2.74. The van der Waals surface area contributed by atoms with Gasteiger partial charge in [0, 0.05) is 28.9 Å². The van der Waals surface area contributed by atoms with E-state index in [4.69, 9.17) is 0 Å². The van der Waals surface area contributed by atoms with Crippen molar-refractivity contribution in [1.82, 2.24) is 30.3 Å². The van der Waals surface area contributed by atoms with Crippen LogP contribution in [-0.2, 0) is 6.54 Å². The summed E-state index contributed by atoms with van der Waals surface area (Å²) in [5.41, 5.74) is 3.11. The number of fused-ring (bicyclic) bond motifs is 1. The molecule has 7 nitrogen and oxygen atoms in total. The van der Waals surface area contributed by atoms with Crippen LogP contribution < -0.4 is 5.32 Å². The Balaban J connectivity index is 1.45. The Hall–Kier alpha value is -3.48. The molecule has 0 bridgehead atoms. The molecule has 0 aliphatic carbocycles. The maximum Gasteiger partial charge on any atom is 0.251 e. The monoisotopic (exact) mass is 318 g/mol. The van der Waals surface area contributed by atoms with Crippen molar-refractivity contribution in [2.24, 2.45) is 0 Å². The minimum Gasteiger partial charge on any atom is -0.361 e. The lowest BCUT2D eigenvalue weighted by molar-refractivity contribution is 0.0950. The molecule has 0 saturated heterocycles. The number of aromatic amines is 1. The van der Waals surface area contributed by atoms with Crippen LogP contribution in [0.5, 0.6) is 0 Å². The molecule has 0 spiro atoms. The first-order valence-corrected chi connectivity index (χ1v) is 7.46. The highest BCUT2D eigenvalue weighted by atomic mass is 16.1. The van der Waals surface area contributed by atoms with E-state index in [9.17, 15) is 4.79 Å². The molecular weight excluding hydrogens is 304 g/mol. The molecule has 2 N–H and O–H groups in total. The fourth-order valence-corrected chi connectivity index (χ4v) is 2.46. The minimum absolute atomic E-state index is 0.144. The molecule has 0 saturated carbocycles. The van der Waals surface area contributed by atoms with Crippen LogP contribution in [0, 0.1) is 0 Å². The molecule has 4 rings (SSSR count). The summed E-state index contributed by atoms with van der Waals surface area (Å²) >= 11 is 0. The van der Waals surface area contributed by atoms with Gasteiger partial charge in [-0.15, -0.1) is 5.10 Å². The number of H-pyrrole nitrogens is 1. The van der Waals surface area contributed by atoms with E-state index >= 15 is 0 Å². The summed E-state index contributed by atoms with van der Waals surface area (Å²) in [6, 6.07) is 11.2. The molecule has 0 radical (unpaired) electrons. The highest BCUT2D eigenvalue weighted by Crippen LogP contribution is 2.14. The molecule has 3 heterocycles. The summed E-state index contributed by atoms with van der Waals surface area (Å²) in [6.07, 6.45) is 7.02. The van der Waals surface area contributed by atoms with Crippen molar-refractivity contribution in [3.05, 3.63) is 72.4 Å². The second kappa shape index (κ2) is 5.96. The molecule has 7 heteroatoms. The van der Waals surface area contributed by atoms with E-state index in [2.05, 4.69) is 25.6 Å². The van der Waals surface area contributed by atoms with Crippen molar-refractivity contribution >= 4 is 16.8 Å². The molecule has 1 amide bonds. The van der Waals surface area contributed by atoms with Gasteiger partial charge in [0.2, 0.25) is 0 Å². The topological polar surface area (TPSA) is 88.5 Å². The summed E-state index contributed by atoms with van der Waals surface area (Å²) in [5.74, 6) is -0.144. The van der Waals surface area contributed by atoms with Gasteiger partial charge in [-0.2, -0.15) is 0 Å². The van der Waals surface area contributed by atoms with Gasteiger partial charge in [-0.3, -0.25) is 9.78 Å². The SMILES string of the molecule is O=C(NCc1cn(-c2cccnc2)nn1)c1ccc2[nH]ccc2c1. The van der Waals surface area contributed by atoms with E-state index in [1.807, 2.05) is 36.5 Å². The van der Waals surface area contributed by atoms with E-state index in [0.29, 0.717) is 17.8 Å². The second-order valence-corrected chi connectivity index (χ2v) is 5.33. The van der Waals surface area contributed by atoms with Gasteiger partial charge < -0.3 is 10.3 Å². The number of pyridine rings is 1. The molecule has 0 atom stereocenters. The molecule has 0 aliphatic rings. The van der Waals surface area contributed by atoms with E-state index in [1.165, 1.54) is 0 Å². The Morgan fingerprint density at radius 3 is 3.08 bits per heavy atom. The zero-order valence-electron chi connectivity index (χ0n) is 12.7. The van der Waals surface area contributed by atoms with Crippen molar-refractivity contribution in [2.75, 3.05) is 0 Å². The number of amides is 1. The standard InChI is InChI=1S/C17H14N6O/c24-17(13-3-4-16-12(8-13)5-7-19-16)20-9-14-11-23(22-21-14)15-2-1-6-18-10-15/h1-8,10-11,19H,9H2,(H,20,24). The van der Waals surface area contributed by atoms with Crippen LogP contribution in [0.15, 0.2) is 61.2 Å². The van der Waals surface area contributed by atoms with Crippen molar-refractivity contribution < 1.29 is 4.79 Å². The Labute approximate surface area is 137 Å². The van der Waals surface area contributed by atoms with E-state index in [-0.39, 0.29) is 5.91 Å². The van der Waals surface area contributed by atoms with E-state index in [0.717, 1.165) is 16.6 Å². The average Bonchev–Trinajstić information content (AvgIpc) is 3.29. The second-order valence-electron chi connectivity index (χ2n) is 5.33. The Bertz CT molecular complexity index is 988. The van der Waals surface area contributed by atoms with Gasteiger partial charge in [0.1, 0.15) is 5.69 Å². The van der Waals surface area contributed by atoms with Crippen molar-refractivity contribution in [2.45, 2.75) is 6.54 Å². The van der Waals surface area contributed by atoms with Gasteiger partial charge >= 0.3 is 0 Å². The van der Waals surface area contributed by atoms with Crippen LogP contribution in [0.1, 0.15) is 16.1 Å². The molecule has 24 heavy (non-hydrogen) atoms. The van der Waals surface area contributed by atoms with Crippen LogP contribution in [0.3, 0.4) is 0 Å². The zero-order valence-corrected chi connectivity index (χ0v) is 12.7. The third-order valence-electron chi connectivity index (χ3n) is 3.70. The molecular formula is C17H14N6O. The predicted octanol–water partition coefficient (Wildman–Crippen LogP) is 2.07. The largest absolute Gasteiger partial charge is 0.361 e. The molecule has 0 aliphatic heterocycles. The lowest BCUT2D eigenvalue weighted by Crippen LogP contribution is -2.22. The Kier molecular flexibility index (Phi) is 3.51. The van der Waals surface area contributed by atoms with E-state index in [1.54, 1.807) is 29.3 Å². The lowest BCUT2D eigenvalue weighted by atomic mass is 10.1. The number of carbonyl (C=O) groups is 1. The number of benzene rings is 1. The molecule has 4 aromatic rings. The van der Waals surface area contributed by atoms with Crippen LogP contribution >= 0.6 is 0 Å². The van der Waals surface area contributed by atoms with Crippen LogP contribution in [0.2, 0.25) is 0 Å². The average molecular weight is 318 g/mol. The third-order valence-corrected chi connectivity index (χ3v) is 3.70. The van der Waals surface area contributed by atoms with Gasteiger partial charge in [0.25, 0.3) is 5.91 Å².